The lowest BCUT2D eigenvalue weighted by Crippen LogP contribution is -2.54. The van der Waals surface area contributed by atoms with Crippen molar-refractivity contribution in [2.75, 3.05) is 13.2 Å². The molecule has 0 radical (unpaired) electrons. The van der Waals surface area contributed by atoms with E-state index < -0.39 is 0 Å². The lowest BCUT2D eigenvalue weighted by Gasteiger charge is -2.28. The van der Waals surface area contributed by atoms with Crippen molar-refractivity contribution in [1.82, 2.24) is 4.57 Å². The summed E-state index contributed by atoms with van der Waals surface area (Å²) in [7, 11) is 0. The van der Waals surface area contributed by atoms with Crippen molar-refractivity contribution in [1.29, 1.82) is 0 Å². The molecular formula is C19H28N2O2. The van der Waals surface area contributed by atoms with E-state index in [1.807, 2.05) is 0 Å². The number of aromatic nitrogens is 2. The maximum Gasteiger partial charge on any atom is 0.210 e. The number of nitrogens with zero attached hydrogens (tertiary/aromatic N) is 2. The molecule has 0 N–H and O–H groups in total. The predicted molar refractivity (Wildman–Crippen MR) is 85.8 cm³/mol. The van der Waals surface area contributed by atoms with Crippen LogP contribution in [-0.4, -0.2) is 17.8 Å². The van der Waals surface area contributed by atoms with Crippen molar-refractivity contribution in [2.45, 2.75) is 88.1 Å². The van der Waals surface area contributed by atoms with E-state index in [9.17, 15) is 0 Å². The minimum Gasteiger partial charge on any atom is -0.518 e. The molecule has 3 heterocycles. The summed E-state index contributed by atoms with van der Waals surface area (Å²) in [5, 5.41) is 0. The summed E-state index contributed by atoms with van der Waals surface area (Å²) in [5.41, 5.74) is 0.302. The highest BCUT2D eigenvalue weighted by Gasteiger charge is 2.49. The van der Waals surface area contributed by atoms with Gasteiger partial charge in [-0.05, 0) is 51.4 Å². The van der Waals surface area contributed by atoms with Gasteiger partial charge in [0.25, 0.3) is 0 Å². The first-order valence-corrected chi connectivity index (χ1v) is 9.70. The topological polar surface area (TPSA) is 27.3 Å². The van der Waals surface area contributed by atoms with Gasteiger partial charge in [0.15, 0.2) is 0 Å². The largest absolute Gasteiger partial charge is 0.518 e. The fraction of sp³-hybridized carbons (Fsp3) is 0.842. The van der Waals surface area contributed by atoms with Gasteiger partial charge in [0.1, 0.15) is 24.3 Å². The molecule has 0 saturated heterocycles. The first kappa shape index (κ1) is 14.2. The monoisotopic (exact) mass is 316 g/mol. The van der Waals surface area contributed by atoms with Gasteiger partial charge in [-0.1, -0.05) is 25.7 Å². The van der Waals surface area contributed by atoms with Gasteiger partial charge in [-0.15, -0.1) is 0 Å². The third-order valence-electron chi connectivity index (χ3n) is 6.76. The van der Waals surface area contributed by atoms with Crippen molar-refractivity contribution in [3.63, 3.8) is 0 Å². The molecule has 2 aliphatic heterocycles. The Bertz CT molecular complexity index is 540. The summed E-state index contributed by atoms with van der Waals surface area (Å²) in [6, 6.07) is 0. The van der Waals surface area contributed by atoms with Gasteiger partial charge in [0, 0.05) is 0 Å². The van der Waals surface area contributed by atoms with Crippen LogP contribution in [0.3, 0.4) is 0 Å². The smallest absolute Gasteiger partial charge is 0.210 e. The molecule has 1 aromatic rings. The molecule has 2 fully saturated rings. The van der Waals surface area contributed by atoms with E-state index in [0.717, 1.165) is 25.0 Å². The second kappa shape index (κ2) is 5.15. The van der Waals surface area contributed by atoms with Crippen LogP contribution in [0.2, 0.25) is 0 Å². The number of hydrogen-bond acceptors (Lipinski definition) is 2. The van der Waals surface area contributed by atoms with Gasteiger partial charge in [-0.25, -0.2) is 0 Å². The minimum atomic E-state index is 0.151. The van der Waals surface area contributed by atoms with Crippen molar-refractivity contribution < 1.29 is 14.0 Å². The maximum absolute atomic E-state index is 6.18. The summed E-state index contributed by atoms with van der Waals surface area (Å²) >= 11 is 0. The maximum atomic E-state index is 6.18. The summed E-state index contributed by atoms with van der Waals surface area (Å²) in [5.74, 6) is 1.93. The summed E-state index contributed by atoms with van der Waals surface area (Å²) in [6.07, 6.45) is 19.4. The Labute approximate surface area is 138 Å². The SMILES string of the molecule is [c-]1n2c(c3[n+]1C1(CCCCCC1)CO3)OCC21CCCCCC1. The molecule has 2 aliphatic carbocycles. The third kappa shape index (κ3) is 1.99. The molecule has 4 nitrogen and oxygen atoms in total. The van der Waals surface area contributed by atoms with Crippen molar-refractivity contribution in [3.05, 3.63) is 6.33 Å². The fourth-order valence-electron chi connectivity index (χ4n) is 5.32. The van der Waals surface area contributed by atoms with E-state index in [0.29, 0.717) is 0 Å². The first-order chi connectivity index (χ1) is 11.3. The van der Waals surface area contributed by atoms with Crippen LogP contribution in [0.1, 0.15) is 77.0 Å². The summed E-state index contributed by atoms with van der Waals surface area (Å²) in [4.78, 5) is 0. The van der Waals surface area contributed by atoms with Crippen molar-refractivity contribution >= 4 is 0 Å². The van der Waals surface area contributed by atoms with Gasteiger partial charge in [-0.2, -0.15) is 0 Å². The molecule has 0 unspecified atom stereocenters. The van der Waals surface area contributed by atoms with Gasteiger partial charge in [-0.3, -0.25) is 0 Å². The molecular weight excluding hydrogens is 288 g/mol. The van der Waals surface area contributed by atoms with E-state index in [-0.39, 0.29) is 11.1 Å². The molecule has 0 bridgehead atoms. The Hall–Kier alpha value is -1.19. The zero-order chi connectivity index (χ0) is 15.3. The van der Waals surface area contributed by atoms with E-state index in [2.05, 4.69) is 15.5 Å². The molecule has 0 atom stereocenters. The highest BCUT2D eigenvalue weighted by atomic mass is 16.5. The number of imidazole rings is 1. The molecule has 2 spiro atoms. The predicted octanol–water partition coefficient (Wildman–Crippen LogP) is 3.46. The zero-order valence-corrected chi connectivity index (χ0v) is 14.1. The van der Waals surface area contributed by atoms with Crippen LogP contribution in [0.15, 0.2) is 0 Å². The van der Waals surface area contributed by atoms with Crippen molar-refractivity contribution in [2.24, 2.45) is 0 Å². The minimum absolute atomic E-state index is 0.151. The standard InChI is InChI=1S/C19H28N2O2/c1-2-6-10-18(9-5-1)13-22-16-17-21(15-20(16)18)19(14-23-17)11-7-3-4-8-12-19/h1-14H2. The molecule has 0 aromatic carbocycles. The quantitative estimate of drug-likeness (QED) is 0.541. The zero-order valence-electron chi connectivity index (χ0n) is 14.1. The molecule has 5 rings (SSSR count). The molecule has 126 valence electrons. The van der Waals surface area contributed by atoms with Crippen LogP contribution in [-0.2, 0) is 11.1 Å². The molecule has 2 saturated carbocycles. The summed E-state index contributed by atoms with van der Waals surface area (Å²) < 4.78 is 17.1. The van der Waals surface area contributed by atoms with Gasteiger partial charge < -0.3 is 18.6 Å². The number of hydrogen-bond donors (Lipinski definition) is 0. The van der Waals surface area contributed by atoms with Crippen LogP contribution >= 0.6 is 0 Å². The van der Waals surface area contributed by atoms with E-state index in [4.69, 9.17) is 9.47 Å². The molecule has 4 aliphatic rings. The normalized spacial score (nSPS) is 27.8. The lowest BCUT2D eigenvalue weighted by molar-refractivity contribution is -0.752. The number of ether oxygens (including phenoxy) is 2. The number of rotatable bonds is 0. The Kier molecular flexibility index (Phi) is 3.18. The van der Waals surface area contributed by atoms with Gasteiger partial charge in [0.2, 0.25) is 18.1 Å². The number of fused-ring (bicyclic) bond motifs is 5. The fourth-order valence-corrected chi connectivity index (χ4v) is 5.32. The second-order valence-electron chi connectivity index (χ2n) is 8.24. The molecule has 1 aromatic heterocycles. The van der Waals surface area contributed by atoms with Crippen LogP contribution in [0.5, 0.6) is 11.8 Å². The lowest BCUT2D eigenvalue weighted by atomic mass is 9.91. The van der Waals surface area contributed by atoms with E-state index in [1.165, 1.54) is 77.0 Å². The average molecular weight is 316 g/mol. The average Bonchev–Trinajstić information content (AvgIpc) is 3.02. The molecule has 0 amide bonds. The van der Waals surface area contributed by atoms with E-state index >= 15 is 0 Å². The Morgan fingerprint density at radius 3 is 2.13 bits per heavy atom. The summed E-state index contributed by atoms with van der Waals surface area (Å²) in [6.45, 7) is 1.64. The third-order valence-corrected chi connectivity index (χ3v) is 6.76. The second-order valence-corrected chi connectivity index (χ2v) is 8.24. The molecule has 23 heavy (non-hydrogen) atoms. The highest BCUT2D eigenvalue weighted by molar-refractivity contribution is 5.29. The molecule has 4 heteroatoms. The van der Waals surface area contributed by atoms with Crippen molar-refractivity contribution in [3.8, 4) is 11.8 Å². The first-order valence-electron chi connectivity index (χ1n) is 9.70. The van der Waals surface area contributed by atoms with E-state index in [1.54, 1.807) is 0 Å². The van der Waals surface area contributed by atoms with Gasteiger partial charge in [0.05, 0.1) is 0 Å². The van der Waals surface area contributed by atoms with Crippen LogP contribution in [0.4, 0.5) is 0 Å². The Morgan fingerprint density at radius 2 is 1.43 bits per heavy atom. The Balaban J connectivity index is 1.55. The Morgan fingerprint density at radius 1 is 0.783 bits per heavy atom. The van der Waals surface area contributed by atoms with Gasteiger partial charge >= 0.3 is 0 Å². The van der Waals surface area contributed by atoms with Crippen LogP contribution < -0.4 is 14.0 Å². The highest BCUT2D eigenvalue weighted by Crippen LogP contribution is 2.47. The van der Waals surface area contributed by atoms with Crippen LogP contribution in [0, 0.1) is 6.33 Å². The van der Waals surface area contributed by atoms with Crippen LogP contribution in [0.25, 0.3) is 0 Å².